The van der Waals surface area contributed by atoms with Crippen molar-refractivity contribution < 1.29 is 5.11 Å². The monoisotopic (exact) mass is 696 g/mol. The Labute approximate surface area is 239 Å². The van der Waals surface area contributed by atoms with Gasteiger partial charge >= 0.3 is 0 Å². The molecule has 0 amide bonds. The maximum atomic E-state index is 10.6. The van der Waals surface area contributed by atoms with Crippen molar-refractivity contribution in [2.45, 2.75) is 24.7 Å². The number of aliphatic imine (C=N–C) groups is 1. The van der Waals surface area contributed by atoms with Crippen molar-refractivity contribution in [2.75, 3.05) is 18.0 Å². The highest BCUT2D eigenvalue weighted by Gasteiger charge is 2.35. The zero-order valence-corrected chi connectivity index (χ0v) is 24.1. The van der Waals surface area contributed by atoms with Gasteiger partial charge in [0.25, 0.3) is 0 Å². The van der Waals surface area contributed by atoms with Crippen LogP contribution in [0.5, 0.6) is 5.75 Å². The van der Waals surface area contributed by atoms with Crippen LogP contribution in [-0.2, 0) is 0 Å². The first-order chi connectivity index (χ1) is 17.6. The number of aromatic hydroxyl groups is 1. The molecule has 2 atom stereocenters. The van der Waals surface area contributed by atoms with Crippen LogP contribution in [0, 0.1) is 7.14 Å². The summed E-state index contributed by atoms with van der Waals surface area (Å²) in [6, 6.07) is 30.3. The summed E-state index contributed by atoms with van der Waals surface area (Å²) in [4.78, 5) is 7.52. The fourth-order valence-electron chi connectivity index (χ4n) is 5.74. The van der Waals surface area contributed by atoms with Gasteiger partial charge in [0, 0.05) is 46.0 Å². The second-order valence-electron chi connectivity index (χ2n) is 9.55. The molecule has 0 unspecified atom stereocenters. The van der Waals surface area contributed by atoms with Crippen LogP contribution < -0.4 is 4.90 Å². The molecule has 0 spiro atoms. The lowest BCUT2D eigenvalue weighted by atomic mass is 9.76. The summed E-state index contributed by atoms with van der Waals surface area (Å²) in [6.07, 6.45) is 4.03. The van der Waals surface area contributed by atoms with E-state index in [1.165, 1.54) is 27.9 Å². The van der Waals surface area contributed by atoms with Crippen LogP contribution in [-0.4, -0.2) is 24.4 Å². The van der Waals surface area contributed by atoms with E-state index < -0.39 is 0 Å². The van der Waals surface area contributed by atoms with Crippen LogP contribution in [0.1, 0.15) is 52.5 Å². The molecule has 4 aromatic carbocycles. The van der Waals surface area contributed by atoms with Gasteiger partial charge in [0.15, 0.2) is 0 Å². The number of nitrogens with zero attached hydrogens (tertiary/aromatic N) is 2. The fraction of sp³-hybridized carbons (Fsp3) is 0.194. The molecule has 0 fully saturated rings. The molecule has 0 aliphatic carbocycles. The molecular formula is C31H26I2N2O. The minimum Gasteiger partial charge on any atom is -0.506 e. The van der Waals surface area contributed by atoms with E-state index in [0.29, 0.717) is 11.8 Å². The van der Waals surface area contributed by atoms with E-state index in [0.717, 1.165) is 44.3 Å². The lowest BCUT2D eigenvalue weighted by Gasteiger charge is -2.43. The van der Waals surface area contributed by atoms with Crippen molar-refractivity contribution in [1.82, 2.24) is 0 Å². The van der Waals surface area contributed by atoms with E-state index in [-0.39, 0.29) is 5.75 Å². The van der Waals surface area contributed by atoms with Gasteiger partial charge in [-0.25, -0.2) is 0 Å². The van der Waals surface area contributed by atoms with Crippen LogP contribution in [0.4, 0.5) is 11.4 Å². The van der Waals surface area contributed by atoms with Gasteiger partial charge in [-0.3, -0.25) is 4.99 Å². The quantitative estimate of drug-likeness (QED) is 0.173. The number of hydrogen-bond donors (Lipinski definition) is 1. The number of phenols is 1. The van der Waals surface area contributed by atoms with Crippen molar-refractivity contribution in [3.05, 3.63) is 120 Å². The van der Waals surface area contributed by atoms with Crippen molar-refractivity contribution in [3.63, 3.8) is 0 Å². The van der Waals surface area contributed by atoms with Gasteiger partial charge < -0.3 is 10.0 Å². The molecule has 6 rings (SSSR count). The Morgan fingerprint density at radius 1 is 0.778 bits per heavy atom. The third-order valence-electron chi connectivity index (χ3n) is 7.41. The zero-order valence-electron chi connectivity index (χ0n) is 19.7. The molecule has 180 valence electrons. The van der Waals surface area contributed by atoms with Crippen LogP contribution in [0.15, 0.2) is 89.9 Å². The molecule has 0 radical (unpaired) electrons. The largest absolute Gasteiger partial charge is 0.506 e. The molecule has 1 N–H and O–H groups in total. The van der Waals surface area contributed by atoms with Crippen molar-refractivity contribution >= 4 is 62.8 Å². The molecule has 0 saturated carbocycles. The Bertz CT molecular complexity index is 1360. The lowest BCUT2D eigenvalue weighted by molar-refractivity contribution is 0.470. The van der Waals surface area contributed by atoms with Gasteiger partial charge in [-0.15, -0.1) is 0 Å². The standard InChI is InChI=1S/C31H26I2N2O/c32-23-15-22(31(36)29(33)16-23)19-34-24-17-27-25(20-7-3-1-4-8-20)11-13-35-14-12-26(28(18-24)30(27)35)21-9-5-2-6-10-21/h1-10,15-19,25-26,36H,11-14H2/t25-,26-/m0/s1. The highest BCUT2D eigenvalue weighted by molar-refractivity contribution is 14.1. The molecule has 4 aromatic rings. The first-order valence-corrected chi connectivity index (χ1v) is 14.5. The summed E-state index contributed by atoms with van der Waals surface area (Å²) in [5.41, 5.74) is 8.58. The average molecular weight is 696 g/mol. The molecule has 2 aliphatic heterocycles. The van der Waals surface area contributed by atoms with Gasteiger partial charge in [0.05, 0.1) is 9.26 Å². The van der Waals surface area contributed by atoms with E-state index >= 15 is 0 Å². The summed E-state index contributed by atoms with van der Waals surface area (Å²) in [5, 5.41) is 10.6. The maximum absolute atomic E-state index is 10.6. The molecular weight excluding hydrogens is 670 g/mol. The smallest absolute Gasteiger partial charge is 0.137 e. The summed E-state index contributed by atoms with van der Waals surface area (Å²) >= 11 is 4.46. The second kappa shape index (κ2) is 10.2. The number of rotatable bonds is 4. The van der Waals surface area contributed by atoms with Crippen LogP contribution in [0.25, 0.3) is 0 Å². The van der Waals surface area contributed by atoms with Gasteiger partial charge in [0.2, 0.25) is 0 Å². The van der Waals surface area contributed by atoms with Gasteiger partial charge in [0.1, 0.15) is 5.75 Å². The third kappa shape index (κ3) is 4.56. The number of halogens is 2. The van der Waals surface area contributed by atoms with E-state index in [4.69, 9.17) is 4.99 Å². The second-order valence-corrected chi connectivity index (χ2v) is 12.0. The number of hydrogen-bond acceptors (Lipinski definition) is 3. The van der Waals surface area contributed by atoms with Crippen molar-refractivity contribution in [1.29, 1.82) is 0 Å². The molecule has 2 aliphatic rings. The van der Waals surface area contributed by atoms with Crippen LogP contribution in [0.3, 0.4) is 0 Å². The molecule has 0 aromatic heterocycles. The van der Waals surface area contributed by atoms with Crippen molar-refractivity contribution in [3.8, 4) is 5.75 Å². The topological polar surface area (TPSA) is 35.8 Å². The Morgan fingerprint density at radius 2 is 1.33 bits per heavy atom. The summed E-state index contributed by atoms with van der Waals surface area (Å²) in [5.74, 6) is 0.996. The SMILES string of the molecule is Oc1c(I)cc(I)cc1C=Nc1cc2c3c(c1)[C@H](c1ccccc1)CCN3CC[C@H]2c1ccccc1. The predicted octanol–water partition coefficient (Wildman–Crippen LogP) is 8.23. The van der Waals surface area contributed by atoms with Crippen LogP contribution >= 0.6 is 45.2 Å². The van der Waals surface area contributed by atoms with Gasteiger partial charge in [-0.05, 0) is 105 Å². The molecule has 5 heteroatoms. The van der Waals surface area contributed by atoms with Crippen LogP contribution in [0.2, 0.25) is 0 Å². The van der Waals surface area contributed by atoms with E-state index in [2.05, 4.69) is 123 Å². The van der Waals surface area contributed by atoms with E-state index in [1.54, 1.807) is 0 Å². The predicted molar refractivity (Wildman–Crippen MR) is 165 cm³/mol. The average Bonchev–Trinajstić information content (AvgIpc) is 2.91. The Hall–Kier alpha value is -2.39. The Balaban J connectivity index is 1.51. The number of benzene rings is 4. The summed E-state index contributed by atoms with van der Waals surface area (Å²) < 4.78 is 1.92. The molecule has 3 nitrogen and oxygen atoms in total. The number of phenolic OH excluding ortho intramolecular Hbond substituents is 1. The summed E-state index contributed by atoms with van der Waals surface area (Å²) in [7, 11) is 0. The molecule has 2 heterocycles. The fourth-order valence-corrected chi connectivity index (χ4v) is 7.63. The van der Waals surface area contributed by atoms with Gasteiger partial charge in [-0.1, -0.05) is 60.7 Å². The first-order valence-electron chi connectivity index (χ1n) is 12.3. The minimum atomic E-state index is 0.287. The van der Waals surface area contributed by atoms with Crippen molar-refractivity contribution in [2.24, 2.45) is 4.99 Å². The normalized spacial score (nSPS) is 18.9. The van der Waals surface area contributed by atoms with E-state index in [9.17, 15) is 5.11 Å². The minimum absolute atomic E-state index is 0.287. The lowest BCUT2D eigenvalue weighted by Crippen LogP contribution is -2.37. The Morgan fingerprint density at radius 3 is 1.89 bits per heavy atom. The zero-order chi connectivity index (χ0) is 24.6. The third-order valence-corrected chi connectivity index (χ3v) is 8.86. The highest BCUT2D eigenvalue weighted by Crippen LogP contribution is 2.50. The maximum Gasteiger partial charge on any atom is 0.137 e. The van der Waals surface area contributed by atoms with E-state index in [1.807, 2.05) is 18.3 Å². The first kappa shape index (κ1) is 24.0. The number of anilines is 1. The molecule has 36 heavy (non-hydrogen) atoms. The van der Waals surface area contributed by atoms with Gasteiger partial charge in [-0.2, -0.15) is 0 Å². The highest BCUT2D eigenvalue weighted by atomic mass is 127. The Kier molecular flexibility index (Phi) is 6.77. The summed E-state index contributed by atoms with van der Waals surface area (Å²) in [6.45, 7) is 2.16. The molecule has 0 saturated heterocycles. The molecule has 0 bridgehead atoms.